The number of quaternary nitrogens is 1. The van der Waals surface area contributed by atoms with E-state index in [1.807, 2.05) is 6.92 Å². The maximum Gasteiger partial charge on any atom is 0.352 e. The van der Waals surface area contributed by atoms with Crippen molar-refractivity contribution in [2.45, 2.75) is 62.3 Å². The van der Waals surface area contributed by atoms with Gasteiger partial charge in [0.15, 0.2) is 28.1 Å². The number of carboxylic acid groups (broad SMARTS) is 2. The highest BCUT2D eigenvalue weighted by atomic mass is 35.5. The molecule has 5 aliphatic heterocycles. The lowest BCUT2D eigenvalue weighted by Crippen LogP contribution is -2.72. The zero-order chi connectivity index (χ0) is 41.6. The number of benzene rings is 1. The minimum absolute atomic E-state index is 0.00607. The lowest BCUT2D eigenvalue weighted by Gasteiger charge is -2.56. The van der Waals surface area contributed by atoms with E-state index >= 15 is 0 Å². The molecule has 3 atom stereocenters. The summed E-state index contributed by atoms with van der Waals surface area (Å²) in [5, 5.41) is 53.3. The number of aromatic hydroxyl groups is 2. The molecular weight excluding hydrogens is 808 g/mol. The Labute approximate surface area is 339 Å². The predicted octanol–water partition coefficient (Wildman–Crippen LogP) is 1.67. The number of thiazole rings is 1. The molecule has 0 saturated carbocycles. The van der Waals surface area contributed by atoms with Crippen LogP contribution in [0.3, 0.4) is 0 Å². The van der Waals surface area contributed by atoms with Crippen molar-refractivity contribution in [1.82, 2.24) is 20.5 Å². The highest BCUT2D eigenvalue weighted by Gasteiger charge is 2.58. The zero-order valence-electron chi connectivity index (χ0n) is 31.3. The maximum absolute atomic E-state index is 13.6. The first-order valence-electron chi connectivity index (χ1n) is 17.7. The third kappa shape index (κ3) is 8.05. The van der Waals surface area contributed by atoms with Crippen molar-refractivity contribution in [2.24, 2.45) is 15.7 Å². The summed E-state index contributed by atoms with van der Waals surface area (Å²) in [6.07, 6.45) is 2.23. The number of oxime groups is 2. The van der Waals surface area contributed by atoms with Crippen LogP contribution in [-0.4, -0.2) is 138 Å². The maximum atomic E-state index is 13.6. The van der Waals surface area contributed by atoms with Crippen LogP contribution in [0.2, 0.25) is 5.02 Å². The Kier molecular flexibility index (Phi) is 11.4. The summed E-state index contributed by atoms with van der Waals surface area (Å²) in [6.45, 7) is 7.24. The number of aliphatic carboxylic acids is 2. The lowest BCUT2D eigenvalue weighted by molar-refractivity contribution is -0.941. The van der Waals surface area contributed by atoms with Gasteiger partial charge in [0.1, 0.15) is 36.5 Å². The van der Waals surface area contributed by atoms with E-state index in [9.17, 15) is 44.4 Å². The van der Waals surface area contributed by atoms with Gasteiger partial charge in [-0.2, -0.15) is 0 Å². The lowest BCUT2D eigenvalue weighted by atomic mass is 9.70. The topological polar surface area (TPSA) is 276 Å². The van der Waals surface area contributed by atoms with Gasteiger partial charge in [-0.1, -0.05) is 21.9 Å². The number of phenolic OH excluding ortho intramolecular Hbond substituents is 2. The molecule has 1 aromatic carbocycles. The summed E-state index contributed by atoms with van der Waals surface area (Å²) < 4.78 is 0.616. The van der Waals surface area contributed by atoms with Crippen LogP contribution < -0.4 is 16.4 Å². The Morgan fingerprint density at radius 2 is 1.77 bits per heavy atom. The second kappa shape index (κ2) is 15.7. The summed E-state index contributed by atoms with van der Waals surface area (Å²) in [7, 11) is 1.27. The standard InChI is InChI=1S/C35H41ClN8O11S2/c1-16-18(13-44-8-5-35(6-9-44,7-10-44)15-38-27(47)22(41-54-4)17-11-19(36)26(46)21(45)12-17)25(31(50)51)43-29(49)24(30(43)57-16)40-28(48)23(20-14-56-33(37)39-20)42-55-34(2,3)32(52)53/h11-12,14,16,24,30H,5-10,13,15H2,1-4H3,(H7-,37,38,39,40,41,42,45,46,47,48,50,51,52,53)/p+1/t16-,24+,30+,35?,44?/m0/s1. The van der Waals surface area contributed by atoms with E-state index in [4.69, 9.17) is 27.0 Å². The van der Waals surface area contributed by atoms with Crippen LogP contribution >= 0.6 is 34.7 Å². The molecule has 7 rings (SSSR count). The van der Waals surface area contributed by atoms with E-state index in [0.717, 1.165) is 36.7 Å². The van der Waals surface area contributed by atoms with Crippen molar-refractivity contribution in [1.29, 1.82) is 0 Å². The molecule has 5 aliphatic rings. The third-order valence-corrected chi connectivity index (χ3v) is 13.4. The number of nitrogens with one attached hydrogen (secondary N) is 2. The van der Waals surface area contributed by atoms with Crippen LogP contribution in [0.4, 0.5) is 5.13 Å². The van der Waals surface area contributed by atoms with Gasteiger partial charge in [0.2, 0.25) is 5.60 Å². The van der Waals surface area contributed by atoms with Crippen LogP contribution in [0.25, 0.3) is 0 Å². The Hall–Kier alpha value is -5.12. The van der Waals surface area contributed by atoms with Gasteiger partial charge >= 0.3 is 11.9 Å². The highest BCUT2D eigenvalue weighted by molar-refractivity contribution is 8.00. The van der Waals surface area contributed by atoms with E-state index in [0.29, 0.717) is 42.8 Å². The molecule has 8 N–H and O–H groups in total. The number of aromatic nitrogens is 1. The van der Waals surface area contributed by atoms with Crippen LogP contribution in [0.1, 0.15) is 51.3 Å². The molecule has 1 aromatic heterocycles. The number of piperidine rings is 3. The Bertz CT molecular complexity index is 2070. The number of hydrogen-bond acceptors (Lipinski definition) is 15. The largest absolute Gasteiger partial charge is 0.504 e. The number of phenols is 2. The molecule has 22 heteroatoms. The minimum Gasteiger partial charge on any atom is -0.504 e. The van der Waals surface area contributed by atoms with E-state index in [1.54, 1.807) is 0 Å². The van der Waals surface area contributed by atoms with Crippen molar-refractivity contribution in [2.75, 3.05) is 45.6 Å². The Balaban J connectivity index is 1.13. The van der Waals surface area contributed by atoms with E-state index in [-0.39, 0.29) is 43.5 Å². The van der Waals surface area contributed by atoms with Crippen molar-refractivity contribution in [3.05, 3.63) is 45.1 Å². The Morgan fingerprint density at radius 3 is 2.33 bits per heavy atom. The molecule has 3 amide bonds. The van der Waals surface area contributed by atoms with Gasteiger partial charge in [-0.3, -0.25) is 19.3 Å². The third-order valence-electron chi connectivity index (χ3n) is 11.0. The van der Waals surface area contributed by atoms with Crippen molar-refractivity contribution >= 4 is 80.9 Å². The first-order chi connectivity index (χ1) is 26.8. The number of carbonyl (C=O) groups excluding carboxylic acids is 3. The number of anilines is 1. The fraction of sp³-hybridized carbons (Fsp3) is 0.486. The fourth-order valence-corrected chi connectivity index (χ4v) is 9.66. The number of nitrogens with two attached hydrogens (primary N) is 1. The van der Waals surface area contributed by atoms with Gasteiger partial charge in [-0.25, -0.2) is 14.6 Å². The summed E-state index contributed by atoms with van der Waals surface area (Å²) in [6, 6.07) is 1.34. The van der Waals surface area contributed by atoms with Crippen molar-refractivity contribution < 1.29 is 58.6 Å². The summed E-state index contributed by atoms with van der Waals surface area (Å²) in [5.41, 5.74) is 3.87. The van der Waals surface area contributed by atoms with Gasteiger partial charge in [0.05, 0.1) is 24.7 Å². The normalized spacial score (nSPS) is 26.0. The monoisotopic (exact) mass is 849 g/mol. The number of hydrogen-bond donors (Lipinski definition) is 7. The van der Waals surface area contributed by atoms with Crippen LogP contribution in [0.5, 0.6) is 11.5 Å². The van der Waals surface area contributed by atoms with Crippen LogP contribution in [-0.2, 0) is 33.6 Å². The fourth-order valence-electron chi connectivity index (χ4n) is 7.45. The van der Waals surface area contributed by atoms with E-state index in [1.165, 1.54) is 49.1 Å². The number of nitrogen functional groups attached to an aromatic ring is 1. The molecule has 4 fully saturated rings. The van der Waals surface area contributed by atoms with E-state index in [2.05, 4.69) is 25.9 Å². The number of rotatable bonds is 14. The molecule has 19 nitrogen and oxygen atoms in total. The molecule has 2 aromatic rings. The number of fused-ring (bicyclic) bond motifs is 4. The molecule has 306 valence electrons. The first kappa shape index (κ1) is 41.5. The molecule has 0 aliphatic carbocycles. The number of carbonyl (C=O) groups is 5. The molecule has 0 unspecified atom stereocenters. The molecule has 2 bridgehead atoms. The summed E-state index contributed by atoms with van der Waals surface area (Å²) in [4.78, 5) is 80.2. The molecule has 4 saturated heterocycles. The molecule has 0 spiro atoms. The second-order valence-electron chi connectivity index (χ2n) is 15.0. The average Bonchev–Trinajstić information content (AvgIpc) is 3.60. The molecular formula is C35H42ClN8O11S2+. The first-order valence-corrected chi connectivity index (χ1v) is 19.9. The second-order valence-corrected chi connectivity index (χ2v) is 17.7. The SMILES string of the molecule is CO/N=C(\C(=O)NCC12CC[N+](CC3=C(C(=O)O)N4C(=O)[C@@H](NC(=O)/C(=N\OC(C)(C)C(=O)O)c5csc(N)n5)[C@H]4S[C@H]3C)(CC1)CC2)c1cc(O)c(O)c(Cl)c1. The van der Waals surface area contributed by atoms with Gasteiger partial charge in [0.25, 0.3) is 17.7 Å². The number of thioether (sulfide) groups is 1. The number of nitrogens with zero attached hydrogens (tertiary/aromatic N) is 5. The van der Waals surface area contributed by atoms with Gasteiger partial charge in [0, 0.05) is 53.0 Å². The number of carboxylic acids is 2. The quantitative estimate of drug-likeness (QED) is 0.0469. The predicted molar refractivity (Wildman–Crippen MR) is 207 cm³/mol. The smallest absolute Gasteiger partial charge is 0.352 e. The summed E-state index contributed by atoms with van der Waals surface area (Å²) >= 11 is 8.37. The van der Waals surface area contributed by atoms with Gasteiger partial charge in [-0.05, 0) is 32.9 Å². The number of halogens is 1. The number of amides is 3. The van der Waals surface area contributed by atoms with Crippen molar-refractivity contribution in [3.63, 3.8) is 0 Å². The van der Waals surface area contributed by atoms with E-state index < -0.39 is 63.9 Å². The van der Waals surface area contributed by atoms with Crippen LogP contribution in [0.15, 0.2) is 39.1 Å². The average molecular weight is 850 g/mol. The van der Waals surface area contributed by atoms with Gasteiger partial charge < -0.3 is 51.0 Å². The Morgan fingerprint density at radius 1 is 1.11 bits per heavy atom. The molecule has 6 heterocycles. The van der Waals surface area contributed by atoms with Crippen LogP contribution in [0, 0.1) is 5.41 Å². The van der Waals surface area contributed by atoms with Gasteiger partial charge in [-0.15, -0.1) is 23.1 Å². The number of β-lactam (4-membered cyclic amide) rings is 1. The zero-order valence-corrected chi connectivity index (χ0v) is 33.7. The minimum atomic E-state index is -1.80. The molecule has 57 heavy (non-hydrogen) atoms. The highest BCUT2D eigenvalue weighted by Crippen LogP contribution is 2.48. The summed E-state index contributed by atoms with van der Waals surface area (Å²) in [5.74, 6) is -5.69. The van der Waals surface area contributed by atoms with Crippen molar-refractivity contribution in [3.8, 4) is 11.5 Å². The molecule has 0 radical (unpaired) electrons.